The number of carbonyl (C=O) groups excluding carboxylic acids is 2. The maximum Gasteiger partial charge on any atom is 0.244 e. The highest BCUT2D eigenvalue weighted by Gasteiger charge is 2.31. The third kappa shape index (κ3) is 4.82. The van der Waals surface area contributed by atoms with Crippen molar-refractivity contribution < 1.29 is 18.0 Å². The Balaban J connectivity index is 2.08. The summed E-state index contributed by atoms with van der Waals surface area (Å²) in [6, 6.07) is -0.287. The van der Waals surface area contributed by atoms with E-state index in [0.29, 0.717) is 22.8 Å². The third-order valence-corrected chi connectivity index (χ3v) is 6.07. The fraction of sp³-hybridized carbons (Fsp3) is 0.533. The van der Waals surface area contributed by atoms with Crippen molar-refractivity contribution in [3.05, 3.63) is 22.5 Å². The van der Waals surface area contributed by atoms with Crippen molar-refractivity contribution in [1.82, 2.24) is 20.0 Å². The van der Waals surface area contributed by atoms with Crippen LogP contribution < -0.4 is 5.32 Å². The number of nitrogens with zero attached hydrogens (tertiary/aromatic N) is 3. The highest BCUT2D eigenvalue weighted by molar-refractivity contribution is 7.91. The van der Waals surface area contributed by atoms with Crippen molar-refractivity contribution in [3.8, 4) is 0 Å². The van der Waals surface area contributed by atoms with Gasteiger partial charge < -0.3 is 10.2 Å². The van der Waals surface area contributed by atoms with Crippen LogP contribution in [0.25, 0.3) is 6.08 Å². The molecular weight excluding hydrogens is 368 g/mol. The Morgan fingerprint density at radius 2 is 2.12 bits per heavy atom. The van der Waals surface area contributed by atoms with Gasteiger partial charge in [0.25, 0.3) is 0 Å². The van der Waals surface area contributed by atoms with Gasteiger partial charge in [-0.15, -0.1) is 0 Å². The molecule has 0 aromatic carbocycles. The van der Waals surface area contributed by atoms with E-state index in [-0.39, 0.29) is 30.0 Å². The van der Waals surface area contributed by atoms with Crippen LogP contribution in [0, 0.1) is 6.92 Å². The number of hydrogen-bond acceptors (Lipinski definition) is 5. The van der Waals surface area contributed by atoms with Gasteiger partial charge in [-0.3, -0.25) is 9.59 Å². The Labute approximate surface area is 151 Å². The molecule has 1 aromatic heterocycles. The quantitative estimate of drug-likeness (QED) is 0.737. The first-order valence-electron chi connectivity index (χ1n) is 7.72. The Hall–Kier alpha value is -1.87. The predicted octanol–water partition coefficient (Wildman–Crippen LogP) is 0.422. The zero-order valence-electron chi connectivity index (χ0n) is 14.3. The molecule has 1 fully saturated rings. The number of nitrogens with one attached hydrogen (secondary N) is 1. The second kappa shape index (κ2) is 7.57. The molecule has 1 aliphatic heterocycles. The van der Waals surface area contributed by atoms with E-state index in [2.05, 4.69) is 10.4 Å². The molecule has 2 heterocycles. The molecule has 1 N–H and O–H groups in total. The summed E-state index contributed by atoms with van der Waals surface area (Å²) >= 11 is 6.32. The predicted molar refractivity (Wildman–Crippen MR) is 95.0 cm³/mol. The number of carbonyl (C=O) groups is 2. The van der Waals surface area contributed by atoms with Crippen molar-refractivity contribution >= 4 is 39.3 Å². The lowest BCUT2D eigenvalue weighted by atomic mass is 10.2. The van der Waals surface area contributed by atoms with Gasteiger partial charge in [0.05, 0.1) is 29.8 Å². The Morgan fingerprint density at radius 1 is 1.44 bits per heavy atom. The third-order valence-electron chi connectivity index (χ3n) is 3.94. The highest BCUT2D eigenvalue weighted by atomic mass is 35.5. The second-order valence-corrected chi connectivity index (χ2v) is 8.72. The van der Waals surface area contributed by atoms with Crippen molar-refractivity contribution in [2.45, 2.75) is 19.4 Å². The molecule has 138 valence electrons. The smallest absolute Gasteiger partial charge is 0.244 e. The molecule has 10 heteroatoms. The SMILES string of the molecule is Cc1nn([C@@H]2CCS(=O)(=O)C2)c(Cl)c1/C=C/C(=O)NCC(=O)N(C)C. The molecule has 0 radical (unpaired) electrons. The fourth-order valence-corrected chi connectivity index (χ4v) is 4.54. The number of hydrogen-bond donors (Lipinski definition) is 1. The van der Waals surface area contributed by atoms with E-state index in [0.717, 1.165) is 0 Å². The summed E-state index contributed by atoms with van der Waals surface area (Å²) in [6.07, 6.45) is 3.26. The summed E-state index contributed by atoms with van der Waals surface area (Å²) in [6.45, 7) is 1.64. The molecule has 1 aromatic rings. The van der Waals surface area contributed by atoms with Crippen LogP contribution in [0.1, 0.15) is 23.7 Å². The minimum Gasteiger partial charge on any atom is -0.347 e. The molecule has 0 bridgehead atoms. The first-order valence-corrected chi connectivity index (χ1v) is 9.91. The van der Waals surface area contributed by atoms with Crippen LogP contribution in [0.5, 0.6) is 0 Å². The zero-order chi connectivity index (χ0) is 18.8. The normalized spacial score (nSPS) is 19.3. The largest absolute Gasteiger partial charge is 0.347 e. The Bertz CT molecular complexity index is 814. The van der Waals surface area contributed by atoms with Crippen molar-refractivity contribution in [2.75, 3.05) is 32.1 Å². The summed E-state index contributed by atoms with van der Waals surface area (Å²) in [5, 5.41) is 7.09. The summed E-state index contributed by atoms with van der Waals surface area (Å²) in [7, 11) is 0.155. The topological polar surface area (TPSA) is 101 Å². The van der Waals surface area contributed by atoms with Gasteiger partial charge in [0, 0.05) is 25.7 Å². The fourth-order valence-electron chi connectivity index (χ4n) is 2.47. The molecule has 0 aliphatic carbocycles. The van der Waals surface area contributed by atoms with Gasteiger partial charge >= 0.3 is 0 Å². The van der Waals surface area contributed by atoms with Crippen molar-refractivity contribution in [1.29, 1.82) is 0 Å². The van der Waals surface area contributed by atoms with E-state index < -0.39 is 15.7 Å². The van der Waals surface area contributed by atoms with Crippen LogP contribution in [0.3, 0.4) is 0 Å². The van der Waals surface area contributed by atoms with Gasteiger partial charge in [-0.1, -0.05) is 11.6 Å². The monoisotopic (exact) mass is 388 g/mol. The molecule has 1 atom stereocenters. The molecule has 25 heavy (non-hydrogen) atoms. The first-order chi connectivity index (χ1) is 11.6. The van der Waals surface area contributed by atoms with Gasteiger partial charge in [0.15, 0.2) is 9.84 Å². The molecule has 1 saturated heterocycles. The Morgan fingerprint density at radius 3 is 2.68 bits per heavy atom. The molecule has 0 saturated carbocycles. The number of rotatable bonds is 5. The molecule has 8 nitrogen and oxygen atoms in total. The molecular formula is C15H21ClN4O4S. The maximum atomic E-state index is 11.8. The average Bonchev–Trinajstić information content (AvgIpc) is 3.02. The van der Waals surface area contributed by atoms with E-state index in [1.54, 1.807) is 21.0 Å². The number of likely N-dealkylation sites (N-methyl/N-ethyl adjacent to an activating group) is 1. The van der Waals surface area contributed by atoms with E-state index in [1.807, 2.05) is 0 Å². The molecule has 0 spiro atoms. The minimum atomic E-state index is -3.05. The average molecular weight is 389 g/mol. The Kier molecular flexibility index (Phi) is 5.89. The maximum absolute atomic E-state index is 11.8. The summed E-state index contributed by atoms with van der Waals surface area (Å²) < 4.78 is 24.8. The van der Waals surface area contributed by atoms with Crippen LogP contribution in [-0.2, 0) is 19.4 Å². The summed E-state index contributed by atoms with van der Waals surface area (Å²) in [4.78, 5) is 24.6. The number of halogens is 1. The van der Waals surface area contributed by atoms with Gasteiger partial charge in [-0.05, 0) is 19.4 Å². The molecule has 2 amide bonds. The van der Waals surface area contributed by atoms with E-state index >= 15 is 0 Å². The van der Waals surface area contributed by atoms with Crippen molar-refractivity contribution in [3.63, 3.8) is 0 Å². The number of aromatic nitrogens is 2. The van der Waals surface area contributed by atoms with Crippen LogP contribution in [-0.4, -0.2) is 67.1 Å². The lowest BCUT2D eigenvalue weighted by Gasteiger charge is -2.10. The van der Waals surface area contributed by atoms with E-state index in [9.17, 15) is 18.0 Å². The number of amides is 2. The van der Waals surface area contributed by atoms with Gasteiger partial charge in [-0.2, -0.15) is 5.10 Å². The van der Waals surface area contributed by atoms with Crippen LogP contribution in [0.2, 0.25) is 5.15 Å². The highest BCUT2D eigenvalue weighted by Crippen LogP contribution is 2.30. The summed E-state index contributed by atoms with van der Waals surface area (Å²) in [5.74, 6) is -0.502. The molecule has 1 aliphatic rings. The number of aryl methyl sites for hydroxylation is 1. The van der Waals surface area contributed by atoms with Crippen molar-refractivity contribution in [2.24, 2.45) is 0 Å². The zero-order valence-corrected chi connectivity index (χ0v) is 15.9. The van der Waals surface area contributed by atoms with Crippen LogP contribution in [0.15, 0.2) is 6.08 Å². The standard InChI is InChI=1S/C15H21ClN4O4S/c1-10-12(4-5-13(21)17-8-14(22)19(2)3)15(16)20(18-10)11-6-7-25(23,24)9-11/h4-5,11H,6-9H2,1-3H3,(H,17,21)/b5-4+/t11-/m1/s1. The van der Waals surface area contributed by atoms with Gasteiger partial charge in [0.2, 0.25) is 11.8 Å². The lowest BCUT2D eigenvalue weighted by molar-refractivity contribution is -0.129. The van der Waals surface area contributed by atoms with Crippen LogP contribution >= 0.6 is 11.6 Å². The van der Waals surface area contributed by atoms with Crippen LogP contribution in [0.4, 0.5) is 0 Å². The van der Waals surface area contributed by atoms with E-state index in [4.69, 9.17) is 11.6 Å². The molecule has 2 rings (SSSR count). The second-order valence-electron chi connectivity index (χ2n) is 6.13. The van der Waals surface area contributed by atoms with Gasteiger partial charge in [-0.25, -0.2) is 13.1 Å². The lowest BCUT2D eigenvalue weighted by Crippen LogP contribution is -2.35. The van der Waals surface area contributed by atoms with E-state index in [1.165, 1.54) is 21.7 Å². The first kappa shape index (κ1) is 19.5. The minimum absolute atomic E-state index is 0.0180. The summed E-state index contributed by atoms with van der Waals surface area (Å²) in [5.41, 5.74) is 1.16. The number of sulfone groups is 1. The van der Waals surface area contributed by atoms with Gasteiger partial charge in [0.1, 0.15) is 5.15 Å². The molecule has 0 unspecified atom stereocenters.